The maximum absolute atomic E-state index is 12.2. The van der Waals surface area contributed by atoms with E-state index >= 15 is 0 Å². The molecule has 28 heavy (non-hydrogen) atoms. The van der Waals surface area contributed by atoms with Crippen molar-refractivity contribution in [2.75, 3.05) is 18.0 Å². The first-order chi connectivity index (χ1) is 13.5. The molecule has 1 fully saturated rings. The highest BCUT2D eigenvalue weighted by molar-refractivity contribution is 5.64. The molecule has 4 rings (SSSR count). The fourth-order valence-electron chi connectivity index (χ4n) is 4.40. The predicted octanol–water partition coefficient (Wildman–Crippen LogP) is 4.57. The van der Waals surface area contributed by atoms with E-state index in [1.165, 1.54) is 42.7 Å². The van der Waals surface area contributed by atoms with Crippen LogP contribution in [0.1, 0.15) is 51.2 Å². The van der Waals surface area contributed by atoms with Crippen molar-refractivity contribution in [3.05, 3.63) is 58.0 Å². The molecule has 4 nitrogen and oxygen atoms in total. The molecule has 4 heteroatoms. The number of hydrogen-bond donors (Lipinski definition) is 0. The SMILES string of the molecule is CCCn1cc(N(c2ccc3c(c2)CN(CC2CC2)CC3)C(C)C)ccc1=O. The van der Waals surface area contributed by atoms with Gasteiger partial charge in [0.2, 0.25) is 0 Å². The highest BCUT2D eigenvalue weighted by Crippen LogP contribution is 2.34. The highest BCUT2D eigenvalue weighted by atomic mass is 16.1. The van der Waals surface area contributed by atoms with Crippen LogP contribution in [0.2, 0.25) is 0 Å². The third-order valence-corrected chi connectivity index (χ3v) is 6.00. The predicted molar refractivity (Wildman–Crippen MR) is 116 cm³/mol. The Labute approximate surface area is 168 Å². The molecule has 0 radical (unpaired) electrons. The molecule has 1 aliphatic heterocycles. The Morgan fingerprint density at radius 1 is 1.11 bits per heavy atom. The molecule has 0 saturated heterocycles. The van der Waals surface area contributed by atoms with E-state index in [1.807, 2.05) is 16.8 Å². The summed E-state index contributed by atoms with van der Waals surface area (Å²) in [5, 5.41) is 0. The van der Waals surface area contributed by atoms with Gasteiger partial charge < -0.3 is 9.47 Å². The standard InChI is InChI=1S/C24H33N3O/c1-4-12-26-17-23(9-10-24(26)28)27(18(2)3)22-8-7-20-11-13-25(15-19-5-6-19)16-21(20)14-22/h7-10,14,17-19H,4-6,11-13,15-16H2,1-3H3. The molecule has 2 aromatic rings. The zero-order valence-corrected chi connectivity index (χ0v) is 17.5. The average Bonchev–Trinajstić information content (AvgIpc) is 3.48. The van der Waals surface area contributed by atoms with E-state index in [1.54, 1.807) is 6.07 Å². The molecule has 0 amide bonds. The summed E-state index contributed by atoms with van der Waals surface area (Å²) in [6.45, 7) is 10.8. The monoisotopic (exact) mass is 379 g/mol. The maximum Gasteiger partial charge on any atom is 0.250 e. The topological polar surface area (TPSA) is 28.5 Å². The van der Waals surface area contributed by atoms with Crippen LogP contribution >= 0.6 is 0 Å². The van der Waals surface area contributed by atoms with Crippen LogP contribution in [0.25, 0.3) is 0 Å². The number of pyridine rings is 1. The molecule has 1 aliphatic carbocycles. The van der Waals surface area contributed by atoms with Crippen molar-refractivity contribution in [2.24, 2.45) is 5.92 Å². The van der Waals surface area contributed by atoms with E-state index in [2.05, 4.69) is 48.8 Å². The molecule has 1 saturated carbocycles. The quantitative estimate of drug-likeness (QED) is 0.705. The maximum atomic E-state index is 12.2. The first-order valence-corrected chi connectivity index (χ1v) is 10.9. The van der Waals surface area contributed by atoms with Crippen LogP contribution in [0.15, 0.2) is 41.3 Å². The van der Waals surface area contributed by atoms with Gasteiger partial charge in [-0.15, -0.1) is 0 Å². The minimum absolute atomic E-state index is 0.0791. The number of hydrogen-bond acceptors (Lipinski definition) is 3. The van der Waals surface area contributed by atoms with Crippen LogP contribution in [0.5, 0.6) is 0 Å². The number of aryl methyl sites for hydroxylation is 1. The molecule has 0 N–H and O–H groups in total. The van der Waals surface area contributed by atoms with Crippen molar-refractivity contribution in [3.8, 4) is 0 Å². The van der Waals surface area contributed by atoms with Crippen molar-refractivity contribution >= 4 is 11.4 Å². The summed E-state index contributed by atoms with van der Waals surface area (Å²) in [6.07, 6.45) is 6.97. The Kier molecular flexibility index (Phi) is 5.58. The summed E-state index contributed by atoms with van der Waals surface area (Å²) < 4.78 is 1.83. The summed E-state index contributed by atoms with van der Waals surface area (Å²) in [6, 6.07) is 10.9. The number of aromatic nitrogens is 1. The summed E-state index contributed by atoms with van der Waals surface area (Å²) >= 11 is 0. The molecule has 0 unspecified atom stereocenters. The van der Waals surface area contributed by atoms with E-state index in [9.17, 15) is 4.79 Å². The first kappa shape index (κ1) is 19.3. The van der Waals surface area contributed by atoms with Gasteiger partial charge in [-0.25, -0.2) is 0 Å². The molecule has 0 bridgehead atoms. The second-order valence-electron chi connectivity index (χ2n) is 8.76. The number of benzene rings is 1. The van der Waals surface area contributed by atoms with Gasteiger partial charge in [0.25, 0.3) is 5.56 Å². The van der Waals surface area contributed by atoms with Crippen molar-refractivity contribution in [1.82, 2.24) is 9.47 Å². The third-order valence-electron chi connectivity index (χ3n) is 6.00. The fourth-order valence-corrected chi connectivity index (χ4v) is 4.40. The van der Waals surface area contributed by atoms with Crippen LogP contribution in [-0.2, 0) is 19.5 Å². The van der Waals surface area contributed by atoms with Gasteiger partial charge >= 0.3 is 0 Å². The van der Waals surface area contributed by atoms with Gasteiger partial charge in [0, 0.05) is 50.2 Å². The van der Waals surface area contributed by atoms with Crippen LogP contribution in [0, 0.1) is 5.92 Å². The number of fused-ring (bicyclic) bond motifs is 1. The van der Waals surface area contributed by atoms with Gasteiger partial charge in [-0.1, -0.05) is 13.0 Å². The van der Waals surface area contributed by atoms with E-state index in [4.69, 9.17) is 0 Å². The number of rotatable bonds is 7. The minimum atomic E-state index is 0.0791. The van der Waals surface area contributed by atoms with E-state index in [-0.39, 0.29) is 5.56 Å². The second kappa shape index (κ2) is 8.12. The van der Waals surface area contributed by atoms with E-state index < -0.39 is 0 Å². The lowest BCUT2D eigenvalue weighted by molar-refractivity contribution is 0.244. The van der Waals surface area contributed by atoms with Gasteiger partial charge in [-0.05, 0) is 74.8 Å². The molecule has 2 aliphatic rings. The van der Waals surface area contributed by atoms with Gasteiger partial charge in [0.05, 0.1) is 5.69 Å². The zero-order valence-electron chi connectivity index (χ0n) is 17.5. The lowest BCUT2D eigenvalue weighted by atomic mass is 9.98. The van der Waals surface area contributed by atoms with Crippen LogP contribution in [-0.4, -0.2) is 28.6 Å². The smallest absolute Gasteiger partial charge is 0.250 e. The molecule has 1 aromatic heterocycles. The molecule has 0 atom stereocenters. The second-order valence-corrected chi connectivity index (χ2v) is 8.76. The van der Waals surface area contributed by atoms with E-state index in [0.29, 0.717) is 6.04 Å². The lowest BCUT2D eigenvalue weighted by Gasteiger charge is -2.33. The molecule has 0 spiro atoms. The Morgan fingerprint density at radius 3 is 2.61 bits per heavy atom. The third kappa shape index (κ3) is 4.17. The summed E-state index contributed by atoms with van der Waals surface area (Å²) in [5.74, 6) is 0.941. The number of nitrogens with zero attached hydrogens (tertiary/aromatic N) is 3. The van der Waals surface area contributed by atoms with Crippen molar-refractivity contribution in [2.45, 2.75) is 65.6 Å². The van der Waals surface area contributed by atoms with Gasteiger partial charge in [0.15, 0.2) is 0 Å². The molecule has 150 valence electrons. The molecule has 1 aromatic carbocycles. The lowest BCUT2D eigenvalue weighted by Crippen LogP contribution is -2.33. The molecular weight excluding hydrogens is 346 g/mol. The van der Waals surface area contributed by atoms with Gasteiger partial charge in [0.1, 0.15) is 0 Å². The van der Waals surface area contributed by atoms with Gasteiger partial charge in [-0.3, -0.25) is 9.69 Å². The largest absolute Gasteiger partial charge is 0.338 e. The number of anilines is 2. The van der Waals surface area contributed by atoms with Gasteiger partial charge in [-0.2, -0.15) is 0 Å². The van der Waals surface area contributed by atoms with Crippen LogP contribution in [0.3, 0.4) is 0 Å². The minimum Gasteiger partial charge on any atom is -0.338 e. The Hall–Kier alpha value is -2.07. The molecular formula is C24H33N3O. The Balaban J connectivity index is 1.63. The van der Waals surface area contributed by atoms with Crippen molar-refractivity contribution in [3.63, 3.8) is 0 Å². The first-order valence-electron chi connectivity index (χ1n) is 10.9. The zero-order chi connectivity index (χ0) is 19.7. The van der Waals surface area contributed by atoms with E-state index in [0.717, 1.165) is 37.5 Å². The molecule has 2 heterocycles. The Morgan fingerprint density at radius 2 is 1.89 bits per heavy atom. The van der Waals surface area contributed by atoms with Crippen LogP contribution in [0.4, 0.5) is 11.4 Å². The average molecular weight is 380 g/mol. The Bertz CT molecular complexity index is 882. The summed E-state index contributed by atoms with van der Waals surface area (Å²) in [7, 11) is 0. The van der Waals surface area contributed by atoms with Crippen LogP contribution < -0.4 is 10.5 Å². The normalized spacial score (nSPS) is 17.0. The summed E-state index contributed by atoms with van der Waals surface area (Å²) in [5.41, 5.74) is 5.36. The van der Waals surface area contributed by atoms with Crippen molar-refractivity contribution < 1.29 is 0 Å². The van der Waals surface area contributed by atoms with Crippen molar-refractivity contribution in [1.29, 1.82) is 0 Å². The fraction of sp³-hybridized carbons (Fsp3) is 0.542. The summed E-state index contributed by atoms with van der Waals surface area (Å²) in [4.78, 5) is 17.1. The highest BCUT2D eigenvalue weighted by Gasteiger charge is 2.26.